The zero-order valence-corrected chi connectivity index (χ0v) is 19.3. The average Bonchev–Trinajstić information content (AvgIpc) is 3.45. The number of amides is 3. The number of rotatable bonds is 5. The van der Waals surface area contributed by atoms with Gasteiger partial charge in [-0.25, -0.2) is 0 Å². The van der Waals surface area contributed by atoms with Crippen LogP contribution in [0.4, 0.5) is 18.9 Å². The van der Waals surface area contributed by atoms with E-state index in [4.69, 9.17) is 11.0 Å². The van der Waals surface area contributed by atoms with Gasteiger partial charge in [0.05, 0.1) is 29.7 Å². The van der Waals surface area contributed by atoms with Gasteiger partial charge in [0.2, 0.25) is 17.7 Å². The van der Waals surface area contributed by atoms with E-state index in [1.165, 1.54) is 6.07 Å². The van der Waals surface area contributed by atoms with Gasteiger partial charge < -0.3 is 20.4 Å². The summed E-state index contributed by atoms with van der Waals surface area (Å²) in [7, 11) is 0. The highest BCUT2D eigenvalue weighted by atomic mass is 19.4. The number of nitriles is 1. The monoisotopic (exact) mass is 491 g/mol. The molecular weight excluding hydrogens is 463 g/mol. The van der Waals surface area contributed by atoms with Gasteiger partial charge in [-0.2, -0.15) is 18.4 Å². The molecule has 35 heavy (non-hydrogen) atoms. The van der Waals surface area contributed by atoms with E-state index in [1.54, 1.807) is 20.8 Å². The van der Waals surface area contributed by atoms with Gasteiger partial charge >= 0.3 is 6.18 Å². The van der Waals surface area contributed by atoms with E-state index in [0.29, 0.717) is 51.1 Å². The summed E-state index contributed by atoms with van der Waals surface area (Å²) in [5.41, 5.74) is 4.52. The third kappa shape index (κ3) is 5.21. The number of halogens is 3. The van der Waals surface area contributed by atoms with Gasteiger partial charge in [-0.05, 0) is 49.3 Å². The second-order valence-corrected chi connectivity index (χ2v) is 9.55. The van der Waals surface area contributed by atoms with Crippen LogP contribution in [0, 0.1) is 29.1 Å². The molecule has 0 aromatic heterocycles. The Labute approximate surface area is 201 Å². The number of hydrogen-bond acceptors (Lipinski definition) is 5. The minimum absolute atomic E-state index is 0.0000612. The Bertz CT molecular complexity index is 1050. The number of primary amides is 1. The van der Waals surface area contributed by atoms with Crippen LogP contribution in [0.3, 0.4) is 0 Å². The molecule has 1 aromatic carbocycles. The van der Waals surface area contributed by atoms with E-state index in [1.807, 2.05) is 0 Å². The first kappa shape index (κ1) is 24.8. The minimum atomic E-state index is -4.66. The van der Waals surface area contributed by atoms with E-state index in [9.17, 15) is 27.6 Å². The summed E-state index contributed by atoms with van der Waals surface area (Å²) >= 11 is 0. The highest BCUT2D eigenvalue weighted by Gasteiger charge is 2.43. The van der Waals surface area contributed by atoms with E-state index in [2.05, 4.69) is 0 Å². The SMILES string of the molecule is N#Cc1ccc(N2CC(C(N)=O)C(C3CCN(C(=O)CN4CCCC4=O)CC3)C2)cc1C(F)(F)F. The zero-order chi connectivity index (χ0) is 25.3. The van der Waals surface area contributed by atoms with Crippen LogP contribution >= 0.6 is 0 Å². The van der Waals surface area contributed by atoms with Gasteiger partial charge in [-0.3, -0.25) is 14.4 Å². The predicted molar refractivity (Wildman–Crippen MR) is 120 cm³/mol. The summed E-state index contributed by atoms with van der Waals surface area (Å²) in [4.78, 5) is 41.7. The van der Waals surface area contributed by atoms with Crippen molar-refractivity contribution in [3.8, 4) is 6.07 Å². The fourth-order valence-electron chi connectivity index (χ4n) is 5.59. The molecule has 0 spiro atoms. The van der Waals surface area contributed by atoms with Crippen LogP contribution in [-0.2, 0) is 20.6 Å². The normalized spacial score (nSPS) is 23.6. The van der Waals surface area contributed by atoms with Gasteiger partial charge in [0, 0.05) is 44.8 Å². The Hall–Kier alpha value is -3.29. The third-order valence-electron chi connectivity index (χ3n) is 7.52. The molecule has 1 aromatic rings. The first-order valence-electron chi connectivity index (χ1n) is 11.8. The number of anilines is 1. The van der Waals surface area contributed by atoms with E-state index in [-0.39, 0.29) is 36.7 Å². The first-order chi connectivity index (χ1) is 16.6. The van der Waals surface area contributed by atoms with Gasteiger partial charge in [-0.1, -0.05) is 0 Å². The smallest absolute Gasteiger partial charge is 0.370 e. The highest BCUT2D eigenvalue weighted by molar-refractivity contribution is 5.86. The van der Waals surface area contributed by atoms with Crippen LogP contribution in [0.5, 0.6) is 0 Å². The standard InChI is InChI=1S/C24H28F3N5O3/c25-24(26,27)20-10-17(4-3-16(20)11-28)32-12-18(19(13-32)23(29)35)15-5-8-30(9-6-15)22(34)14-31-7-1-2-21(31)33/h3-4,10,15,18-19H,1-2,5-9,12-14H2,(H2,29,35). The number of nitrogens with two attached hydrogens (primary N) is 1. The van der Waals surface area contributed by atoms with Crippen LogP contribution in [0.25, 0.3) is 0 Å². The van der Waals surface area contributed by atoms with Crippen molar-refractivity contribution in [1.29, 1.82) is 5.26 Å². The molecule has 188 valence electrons. The molecule has 2 N–H and O–H groups in total. The Balaban J connectivity index is 1.42. The fraction of sp³-hybridized carbons (Fsp3) is 0.583. The van der Waals surface area contributed by atoms with Gasteiger partial charge in [0.15, 0.2) is 0 Å². The van der Waals surface area contributed by atoms with Crippen molar-refractivity contribution in [2.45, 2.75) is 31.9 Å². The summed E-state index contributed by atoms with van der Waals surface area (Å²) in [6, 6.07) is 5.16. The number of benzene rings is 1. The molecule has 2 atom stereocenters. The lowest BCUT2D eigenvalue weighted by atomic mass is 9.78. The van der Waals surface area contributed by atoms with E-state index in [0.717, 1.165) is 18.6 Å². The number of nitrogens with zero attached hydrogens (tertiary/aromatic N) is 4. The number of piperidine rings is 1. The highest BCUT2D eigenvalue weighted by Crippen LogP contribution is 2.40. The molecule has 11 heteroatoms. The Kier molecular flexibility index (Phi) is 6.92. The maximum absolute atomic E-state index is 13.4. The number of carbonyl (C=O) groups is 3. The van der Waals surface area contributed by atoms with Crippen LogP contribution in [0.15, 0.2) is 18.2 Å². The molecular formula is C24H28F3N5O3. The summed E-state index contributed by atoms with van der Waals surface area (Å²) < 4.78 is 40.3. The third-order valence-corrected chi connectivity index (χ3v) is 7.52. The molecule has 3 saturated heterocycles. The molecule has 8 nitrogen and oxygen atoms in total. The van der Waals surface area contributed by atoms with Crippen molar-refractivity contribution in [2.24, 2.45) is 23.5 Å². The summed E-state index contributed by atoms with van der Waals surface area (Å²) in [6.45, 7) is 2.28. The van der Waals surface area contributed by atoms with Crippen LogP contribution in [-0.4, -0.2) is 66.8 Å². The second-order valence-electron chi connectivity index (χ2n) is 9.55. The maximum atomic E-state index is 13.4. The largest absolute Gasteiger partial charge is 0.417 e. The fourth-order valence-corrected chi connectivity index (χ4v) is 5.59. The zero-order valence-electron chi connectivity index (χ0n) is 19.3. The summed E-state index contributed by atoms with van der Waals surface area (Å²) in [5, 5.41) is 9.05. The van der Waals surface area contributed by atoms with Gasteiger partial charge in [0.25, 0.3) is 0 Å². The number of likely N-dealkylation sites (tertiary alicyclic amines) is 2. The first-order valence-corrected chi connectivity index (χ1v) is 11.8. The molecule has 0 radical (unpaired) electrons. The average molecular weight is 492 g/mol. The maximum Gasteiger partial charge on any atom is 0.417 e. The quantitative estimate of drug-likeness (QED) is 0.677. The van der Waals surface area contributed by atoms with Crippen LogP contribution < -0.4 is 10.6 Å². The Morgan fingerprint density at radius 2 is 1.86 bits per heavy atom. The lowest BCUT2D eigenvalue weighted by molar-refractivity contribution is -0.139. The molecule has 2 unspecified atom stereocenters. The molecule has 4 rings (SSSR count). The van der Waals surface area contributed by atoms with Crippen molar-refractivity contribution >= 4 is 23.4 Å². The number of carbonyl (C=O) groups excluding carboxylic acids is 3. The lowest BCUT2D eigenvalue weighted by Crippen LogP contribution is -2.46. The topological polar surface area (TPSA) is 111 Å². The lowest BCUT2D eigenvalue weighted by Gasteiger charge is -2.36. The van der Waals surface area contributed by atoms with Crippen LogP contribution in [0.1, 0.15) is 36.8 Å². The molecule has 0 saturated carbocycles. The van der Waals surface area contributed by atoms with Crippen LogP contribution in [0.2, 0.25) is 0 Å². The van der Waals surface area contributed by atoms with Crippen molar-refractivity contribution in [1.82, 2.24) is 9.80 Å². The Morgan fingerprint density at radius 3 is 2.43 bits per heavy atom. The molecule has 3 amide bonds. The molecule has 0 aliphatic carbocycles. The molecule has 3 aliphatic rings. The second kappa shape index (κ2) is 9.76. The van der Waals surface area contributed by atoms with Crippen molar-refractivity contribution in [3.05, 3.63) is 29.3 Å². The van der Waals surface area contributed by atoms with Crippen molar-refractivity contribution in [2.75, 3.05) is 44.2 Å². The molecule has 3 aliphatic heterocycles. The van der Waals surface area contributed by atoms with Crippen molar-refractivity contribution < 1.29 is 27.6 Å². The predicted octanol–water partition coefficient (Wildman–Crippen LogP) is 1.98. The van der Waals surface area contributed by atoms with E-state index >= 15 is 0 Å². The summed E-state index contributed by atoms with van der Waals surface area (Å²) in [5.74, 6) is -1.15. The number of alkyl halides is 3. The van der Waals surface area contributed by atoms with E-state index < -0.39 is 29.1 Å². The molecule has 0 bridgehead atoms. The van der Waals surface area contributed by atoms with Gasteiger partial charge in [-0.15, -0.1) is 0 Å². The number of hydrogen-bond donors (Lipinski definition) is 1. The molecule has 3 fully saturated rings. The molecule has 3 heterocycles. The summed E-state index contributed by atoms with van der Waals surface area (Å²) in [6.07, 6.45) is -2.11. The minimum Gasteiger partial charge on any atom is -0.370 e. The van der Waals surface area contributed by atoms with Gasteiger partial charge in [0.1, 0.15) is 0 Å². The van der Waals surface area contributed by atoms with Crippen molar-refractivity contribution in [3.63, 3.8) is 0 Å². The Morgan fingerprint density at radius 1 is 1.14 bits per heavy atom.